The molecule has 0 amide bonds. The predicted molar refractivity (Wildman–Crippen MR) is 229 cm³/mol. The first-order valence-electron chi connectivity index (χ1n) is 18.3. The van der Waals surface area contributed by atoms with Crippen LogP contribution in [0.2, 0.25) is 0 Å². The second-order valence-electron chi connectivity index (χ2n) is 13.7. The Labute approximate surface area is 316 Å². The molecule has 3 heterocycles. The van der Waals surface area contributed by atoms with Gasteiger partial charge in [-0.2, -0.15) is 0 Å². The number of hydrogen-bond donors (Lipinski definition) is 0. The predicted octanol–water partition coefficient (Wildman–Crippen LogP) is 14.7. The SMILES string of the molecule is c1ccc(-c2ccc(N(c3cccc(-c4cccc5c4oc4c5c5ccccc5n4-c4ccccc4)c3)c3cccc4c3sc3ccccc34)cc2)cc1. The largest absolute Gasteiger partial charge is 0.438 e. The van der Waals surface area contributed by atoms with Crippen molar-refractivity contribution in [2.75, 3.05) is 4.90 Å². The average Bonchev–Trinajstić information content (AvgIpc) is 3.91. The minimum Gasteiger partial charge on any atom is -0.438 e. The normalized spacial score (nSPS) is 11.7. The lowest BCUT2D eigenvalue weighted by Gasteiger charge is -2.27. The van der Waals surface area contributed by atoms with Crippen LogP contribution in [-0.4, -0.2) is 4.57 Å². The standard InChI is InChI=1S/C50H32N2OS/c1-3-14-33(15-4-1)34-28-30-37(31-29-34)51(45-26-13-23-41-40-20-8-10-27-46(40)54-49(41)45)38-19-11-16-35(32-38)39-22-12-24-43-47-42-21-7-9-25-44(42)52(50(47)53-48(39)43)36-17-5-2-6-18-36/h1-32H. The third-order valence-electron chi connectivity index (χ3n) is 10.6. The van der Waals surface area contributed by atoms with Crippen LogP contribution in [0.15, 0.2) is 199 Å². The zero-order chi connectivity index (χ0) is 35.6. The lowest BCUT2D eigenvalue weighted by Crippen LogP contribution is -2.10. The van der Waals surface area contributed by atoms with Crippen LogP contribution in [0.4, 0.5) is 17.1 Å². The minimum absolute atomic E-state index is 0.859. The topological polar surface area (TPSA) is 21.3 Å². The molecule has 0 unspecified atom stereocenters. The van der Waals surface area contributed by atoms with E-state index in [1.54, 1.807) is 0 Å². The summed E-state index contributed by atoms with van der Waals surface area (Å²) in [5.41, 5.74) is 11.9. The summed E-state index contributed by atoms with van der Waals surface area (Å²) < 4.78 is 11.8. The van der Waals surface area contributed by atoms with Crippen molar-refractivity contribution in [1.82, 2.24) is 4.57 Å². The molecule has 11 rings (SSSR count). The molecule has 8 aromatic carbocycles. The van der Waals surface area contributed by atoms with Gasteiger partial charge >= 0.3 is 0 Å². The van der Waals surface area contributed by atoms with Gasteiger partial charge in [-0.05, 0) is 71.3 Å². The fourth-order valence-electron chi connectivity index (χ4n) is 8.16. The molecule has 0 radical (unpaired) electrons. The van der Waals surface area contributed by atoms with Gasteiger partial charge in [0.1, 0.15) is 5.58 Å². The highest BCUT2D eigenvalue weighted by Gasteiger charge is 2.23. The number of hydrogen-bond acceptors (Lipinski definition) is 3. The molecule has 11 aromatic rings. The molecule has 3 aromatic heterocycles. The number of para-hydroxylation sites is 3. The van der Waals surface area contributed by atoms with Crippen LogP contribution >= 0.6 is 11.3 Å². The quantitative estimate of drug-likeness (QED) is 0.171. The summed E-state index contributed by atoms with van der Waals surface area (Å²) in [6.07, 6.45) is 0. The number of rotatable bonds is 6. The number of benzene rings is 8. The van der Waals surface area contributed by atoms with Crippen molar-refractivity contribution >= 4 is 81.5 Å². The van der Waals surface area contributed by atoms with E-state index in [2.05, 4.69) is 204 Å². The van der Waals surface area contributed by atoms with Gasteiger partial charge in [-0.3, -0.25) is 4.57 Å². The number of aromatic nitrogens is 1. The van der Waals surface area contributed by atoms with Gasteiger partial charge in [-0.1, -0.05) is 140 Å². The zero-order valence-corrected chi connectivity index (χ0v) is 30.0. The summed E-state index contributed by atoms with van der Waals surface area (Å²) in [7, 11) is 0. The van der Waals surface area contributed by atoms with Crippen LogP contribution < -0.4 is 4.90 Å². The van der Waals surface area contributed by atoms with E-state index in [-0.39, 0.29) is 0 Å². The molecule has 0 fully saturated rings. The maximum atomic E-state index is 6.98. The van der Waals surface area contributed by atoms with E-state index in [1.165, 1.54) is 36.7 Å². The van der Waals surface area contributed by atoms with Crippen molar-refractivity contribution in [1.29, 1.82) is 0 Å². The van der Waals surface area contributed by atoms with E-state index < -0.39 is 0 Å². The average molecular weight is 709 g/mol. The van der Waals surface area contributed by atoms with Crippen molar-refractivity contribution in [2.24, 2.45) is 0 Å². The first-order chi connectivity index (χ1) is 26.8. The van der Waals surface area contributed by atoms with Crippen molar-refractivity contribution < 1.29 is 4.42 Å². The van der Waals surface area contributed by atoms with E-state index in [0.717, 1.165) is 61.5 Å². The summed E-state index contributed by atoms with van der Waals surface area (Å²) >= 11 is 1.85. The molecule has 54 heavy (non-hydrogen) atoms. The highest BCUT2D eigenvalue weighted by molar-refractivity contribution is 7.26. The molecule has 3 nitrogen and oxygen atoms in total. The number of thiophene rings is 1. The van der Waals surface area contributed by atoms with Crippen molar-refractivity contribution in [2.45, 2.75) is 0 Å². The Bertz CT molecular complexity index is 3150. The summed E-state index contributed by atoms with van der Waals surface area (Å²) in [4.78, 5) is 2.41. The Hall–Kier alpha value is -6.88. The highest BCUT2D eigenvalue weighted by atomic mass is 32.1. The van der Waals surface area contributed by atoms with E-state index in [1.807, 2.05) is 11.3 Å². The Morgan fingerprint density at radius 2 is 1.11 bits per heavy atom. The van der Waals surface area contributed by atoms with Crippen LogP contribution in [0.25, 0.3) is 81.1 Å². The van der Waals surface area contributed by atoms with Gasteiger partial charge in [0.2, 0.25) is 5.71 Å². The van der Waals surface area contributed by atoms with Gasteiger partial charge in [-0.15, -0.1) is 11.3 Å². The van der Waals surface area contributed by atoms with Crippen LogP contribution in [0.1, 0.15) is 0 Å². The van der Waals surface area contributed by atoms with Gasteiger partial charge in [0.05, 0.1) is 21.3 Å². The Morgan fingerprint density at radius 1 is 0.463 bits per heavy atom. The summed E-state index contributed by atoms with van der Waals surface area (Å²) in [6, 6.07) is 69.4. The van der Waals surface area contributed by atoms with Crippen LogP contribution in [0.5, 0.6) is 0 Å². The summed E-state index contributed by atoms with van der Waals surface area (Å²) in [5, 5.41) is 5.99. The smallest absolute Gasteiger partial charge is 0.213 e. The molecule has 0 atom stereocenters. The molecule has 254 valence electrons. The molecular formula is C50H32N2OS. The third-order valence-corrected chi connectivity index (χ3v) is 11.8. The molecule has 0 saturated carbocycles. The Kier molecular flexibility index (Phi) is 7.04. The highest BCUT2D eigenvalue weighted by Crippen LogP contribution is 2.47. The number of furan rings is 1. The first kappa shape index (κ1) is 30.7. The van der Waals surface area contributed by atoms with E-state index in [4.69, 9.17) is 4.42 Å². The third kappa shape index (κ3) is 4.81. The maximum Gasteiger partial charge on any atom is 0.213 e. The number of fused-ring (bicyclic) bond motifs is 8. The lowest BCUT2D eigenvalue weighted by atomic mass is 10.0. The second-order valence-corrected chi connectivity index (χ2v) is 14.8. The van der Waals surface area contributed by atoms with Gasteiger partial charge in [0.15, 0.2) is 0 Å². The molecule has 0 N–H and O–H groups in total. The molecular weight excluding hydrogens is 677 g/mol. The van der Waals surface area contributed by atoms with E-state index >= 15 is 0 Å². The Balaban J connectivity index is 1.11. The Morgan fingerprint density at radius 3 is 1.96 bits per heavy atom. The van der Waals surface area contributed by atoms with E-state index in [9.17, 15) is 0 Å². The van der Waals surface area contributed by atoms with Gasteiger partial charge in [0.25, 0.3) is 0 Å². The maximum absolute atomic E-state index is 6.98. The van der Waals surface area contributed by atoms with Crippen LogP contribution in [0, 0.1) is 0 Å². The number of nitrogens with zero attached hydrogens (tertiary/aromatic N) is 2. The van der Waals surface area contributed by atoms with Crippen LogP contribution in [-0.2, 0) is 0 Å². The van der Waals surface area contributed by atoms with Gasteiger partial charge < -0.3 is 9.32 Å². The molecule has 0 aliphatic carbocycles. The fraction of sp³-hybridized carbons (Fsp3) is 0. The van der Waals surface area contributed by atoms with Crippen LogP contribution in [0.3, 0.4) is 0 Å². The summed E-state index contributed by atoms with van der Waals surface area (Å²) in [6.45, 7) is 0. The summed E-state index contributed by atoms with van der Waals surface area (Å²) in [5.74, 6) is 0. The minimum atomic E-state index is 0.859. The van der Waals surface area contributed by atoms with Crippen molar-refractivity contribution in [3.05, 3.63) is 194 Å². The lowest BCUT2D eigenvalue weighted by molar-refractivity contribution is 0.646. The molecule has 0 spiro atoms. The molecule has 0 saturated heterocycles. The molecule has 4 heteroatoms. The molecule has 0 bridgehead atoms. The number of anilines is 3. The zero-order valence-electron chi connectivity index (χ0n) is 29.2. The van der Waals surface area contributed by atoms with Crippen molar-refractivity contribution in [3.8, 4) is 27.9 Å². The molecule has 0 aliphatic heterocycles. The van der Waals surface area contributed by atoms with Gasteiger partial charge in [-0.25, -0.2) is 0 Å². The van der Waals surface area contributed by atoms with Crippen molar-refractivity contribution in [3.63, 3.8) is 0 Å². The molecule has 0 aliphatic rings. The fourth-order valence-corrected chi connectivity index (χ4v) is 9.36. The van der Waals surface area contributed by atoms with Gasteiger partial charge in [0, 0.05) is 48.9 Å². The first-order valence-corrected chi connectivity index (χ1v) is 19.1. The second kappa shape index (κ2) is 12.4. The monoisotopic (exact) mass is 708 g/mol. The van der Waals surface area contributed by atoms with E-state index in [0.29, 0.717) is 0 Å².